The quantitative estimate of drug-likeness (QED) is 0.426. The highest BCUT2D eigenvalue weighted by Gasteiger charge is 2.38. The van der Waals surface area contributed by atoms with Crippen molar-refractivity contribution in [1.29, 1.82) is 10.5 Å². The van der Waals surface area contributed by atoms with Crippen LogP contribution in [0.3, 0.4) is 0 Å². The number of rotatable bonds is 7. The number of hydrogen-bond donors (Lipinski definition) is 1. The van der Waals surface area contributed by atoms with E-state index < -0.39 is 11.9 Å². The van der Waals surface area contributed by atoms with Gasteiger partial charge in [0.25, 0.3) is 0 Å². The molecule has 1 aliphatic rings. The third-order valence-electron chi connectivity index (χ3n) is 5.29. The highest BCUT2D eigenvalue weighted by molar-refractivity contribution is 7.99. The molecule has 7 nitrogen and oxygen atoms in total. The minimum atomic E-state index is -0.852. The topological polar surface area (TPSA) is 122 Å². The van der Waals surface area contributed by atoms with Gasteiger partial charge in [0, 0.05) is 10.7 Å². The summed E-state index contributed by atoms with van der Waals surface area (Å²) in [6.45, 7) is 5.73. The second kappa shape index (κ2) is 11.1. The normalized spacial score (nSPS) is 15.4. The number of benzene rings is 1. The van der Waals surface area contributed by atoms with Gasteiger partial charge < -0.3 is 15.2 Å². The van der Waals surface area contributed by atoms with Gasteiger partial charge in [-0.3, -0.25) is 0 Å². The summed E-state index contributed by atoms with van der Waals surface area (Å²) in [7, 11) is 0. The summed E-state index contributed by atoms with van der Waals surface area (Å²) in [6.07, 6.45) is 0.716. The lowest BCUT2D eigenvalue weighted by atomic mass is 9.83. The maximum atomic E-state index is 13.1. The highest BCUT2D eigenvalue weighted by atomic mass is 35.5. The van der Waals surface area contributed by atoms with Crippen LogP contribution in [0.1, 0.15) is 42.1 Å². The SMILES string of the molecule is CCOC(=O)C1=C(CSc2nc(CC)c(C)cc2C#N)OC(N)=C(C#N)[C@@H]1c1ccccc1Cl. The lowest BCUT2D eigenvalue weighted by Crippen LogP contribution is -2.27. The fourth-order valence-corrected chi connectivity index (χ4v) is 4.85. The van der Waals surface area contributed by atoms with Gasteiger partial charge in [-0.05, 0) is 43.5 Å². The Balaban J connectivity index is 2.12. The maximum absolute atomic E-state index is 13.1. The number of esters is 1. The molecule has 1 aromatic carbocycles. The summed E-state index contributed by atoms with van der Waals surface area (Å²) in [5.41, 5.74) is 9.12. The fourth-order valence-electron chi connectivity index (χ4n) is 3.69. The summed E-state index contributed by atoms with van der Waals surface area (Å²) in [6, 6.07) is 13.0. The molecular weight excluding hydrogens is 472 g/mol. The van der Waals surface area contributed by atoms with E-state index in [9.17, 15) is 15.3 Å². The molecule has 0 radical (unpaired) electrons. The number of nitriles is 2. The van der Waals surface area contributed by atoms with Crippen LogP contribution < -0.4 is 5.73 Å². The van der Waals surface area contributed by atoms with E-state index in [2.05, 4.69) is 17.1 Å². The van der Waals surface area contributed by atoms with Crippen molar-refractivity contribution in [2.75, 3.05) is 12.4 Å². The van der Waals surface area contributed by atoms with Gasteiger partial charge in [-0.25, -0.2) is 9.78 Å². The number of aromatic nitrogens is 1. The second-order valence-electron chi connectivity index (χ2n) is 7.36. The second-order valence-corrected chi connectivity index (χ2v) is 8.73. The Hall–Kier alpha value is -3.46. The first-order valence-corrected chi connectivity index (χ1v) is 12.0. The zero-order valence-electron chi connectivity index (χ0n) is 19.0. The van der Waals surface area contributed by atoms with Gasteiger partial charge in [0.1, 0.15) is 28.5 Å². The standard InChI is InChI=1S/C25H23ClN4O3S/c1-4-19-14(3)10-15(11-27)24(30-19)34-13-20-22(25(31)32-5-2)21(17(12-28)23(29)33-20)16-8-6-7-9-18(16)26/h6-10,21H,4-5,13,29H2,1-3H3/t21-/m0/s1. The average Bonchev–Trinajstić information content (AvgIpc) is 2.82. The molecule has 0 fully saturated rings. The van der Waals surface area contributed by atoms with E-state index in [1.165, 1.54) is 11.8 Å². The number of pyridine rings is 1. The van der Waals surface area contributed by atoms with Crippen molar-refractivity contribution in [2.24, 2.45) is 5.73 Å². The van der Waals surface area contributed by atoms with Crippen LogP contribution in [0.4, 0.5) is 0 Å². The lowest BCUT2D eigenvalue weighted by Gasteiger charge is -2.28. The number of carbonyl (C=O) groups excluding carboxylic acids is 1. The number of carbonyl (C=O) groups is 1. The van der Waals surface area contributed by atoms with Crippen LogP contribution >= 0.6 is 23.4 Å². The highest BCUT2D eigenvalue weighted by Crippen LogP contribution is 2.43. The zero-order chi connectivity index (χ0) is 24.8. The molecule has 0 amide bonds. The maximum Gasteiger partial charge on any atom is 0.338 e. The van der Waals surface area contributed by atoms with Crippen LogP contribution in [-0.2, 0) is 20.7 Å². The molecule has 2 heterocycles. The van der Waals surface area contributed by atoms with E-state index >= 15 is 0 Å². The number of halogens is 1. The Morgan fingerprint density at radius 1 is 1.29 bits per heavy atom. The van der Waals surface area contributed by atoms with Crippen molar-refractivity contribution in [3.05, 3.63) is 80.5 Å². The van der Waals surface area contributed by atoms with Gasteiger partial charge >= 0.3 is 5.97 Å². The summed E-state index contributed by atoms with van der Waals surface area (Å²) >= 11 is 7.69. The number of ether oxygens (including phenoxy) is 2. The van der Waals surface area contributed by atoms with Crippen molar-refractivity contribution in [3.8, 4) is 12.1 Å². The smallest absolute Gasteiger partial charge is 0.338 e. The third-order valence-corrected chi connectivity index (χ3v) is 6.62. The fraction of sp³-hybridized carbons (Fsp3) is 0.280. The molecule has 9 heteroatoms. The number of hydrogen-bond acceptors (Lipinski definition) is 8. The molecule has 0 saturated carbocycles. The monoisotopic (exact) mass is 494 g/mol. The molecule has 1 atom stereocenters. The molecule has 0 spiro atoms. The Bertz CT molecular complexity index is 1270. The molecule has 0 saturated heterocycles. The molecule has 3 rings (SSSR count). The van der Waals surface area contributed by atoms with Crippen molar-refractivity contribution in [3.63, 3.8) is 0 Å². The van der Waals surface area contributed by atoms with Gasteiger partial charge in [-0.1, -0.05) is 48.5 Å². The Morgan fingerprint density at radius 3 is 2.65 bits per heavy atom. The van der Waals surface area contributed by atoms with Crippen LogP contribution in [-0.4, -0.2) is 23.3 Å². The molecule has 1 aliphatic heterocycles. The van der Waals surface area contributed by atoms with Gasteiger partial charge in [0.15, 0.2) is 0 Å². The first kappa shape index (κ1) is 25.2. The van der Waals surface area contributed by atoms with E-state index in [-0.39, 0.29) is 35.1 Å². The minimum Gasteiger partial charge on any atom is -0.463 e. The summed E-state index contributed by atoms with van der Waals surface area (Å²) in [5, 5.41) is 20.3. The molecule has 34 heavy (non-hydrogen) atoms. The minimum absolute atomic E-state index is 0.0735. The predicted octanol–water partition coefficient (Wildman–Crippen LogP) is 4.89. The molecule has 1 aromatic heterocycles. The third kappa shape index (κ3) is 5.04. The summed E-state index contributed by atoms with van der Waals surface area (Å²) < 4.78 is 11.1. The Labute approximate surface area is 207 Å². The molecule has 0 aliphatic carbocycles. The number of nitrogens with zero attached hydrogens (tertiary/aromatic N) is 3. The number of allylic oxidation sites excluding steroid dienone is 1. The van der Waals surface area contributed by atoms with Crippen LogP contribution in [0.15, 0.2) is 58.1 Å². The lowest BCUT2D eigenvalue weighted by molar-refractivity contribution is -0.139. The first-order chi connectivity index (χ1) is 16.4. The first-order valence-electron chi connectivity index (χ1n) is 10.6. The van der Waals surface area contributed by atoms with Crippen LogP contribution in [0.5, 0.6) is 0 Å². The van der Waals surface area contributed by atoms with Crippen molar-refractivity contribution in [1.82, 2.24) is 4.98 Å². The summed E-state index contributed by atoms with van der Waals surface area (Å²) in [4.78, 5) is 17.7. The van der Waals surface area contributed by atoms with Crippen molar-refractivity contribution >= 4 is 29.3 Å². The zero-order valence-corrected chi connectivity index (χ0v) is 20.6. The largest absolute Gasteiger partial charge is 0.463 e. The predicted molar refractivity (Wildman–Crippen MR) is 130 cm³/mol. The van der Waals surface area contributed by atoms with Gasteiger partial charge in [0.05, 0.1) is 29.4 Å². The van der Waals surface area contributed by atoms with E-state index in [0.717, 1.165) is 11.3 Å². The van der Waals surface area contributed by atoms with Crippen LogP contribution in [0.2, 0.25) is 5.02 Å². The molecule has 0 bridgehead atoms. The van der Waals surface area contributed by atoms with E-state index in [1.54, 1.807) is 37.3 Å². The average molecular weight is 495 g/mol. The molecule has 2 aromatic rings. The van der Waals surface area contributed by atoms with Gasteiger partial charge in [0.2, 0.25) is 5.88 Å². The van der Waals surface area contributed by atoms with Crippen LogP contribution in [0, 0.1) is 29.6 Å². The van der Waals surface area contributed by atoms with Gasteiger partial charge in [-0.15, -0.1) is 0 Å². The number of nitrogens with two attached hydrogens (primary N) is 1. The molecule has 174 valence electrons. The molecule has 2 N–H and O–H groups in total. The molecular formula is C25H23ClN4O3S. The van der Waals surface area contributed by atoms with E-state index in [0.29, 0.717) is 27.6 Å². The van der Waals surface area contributed by atoms with Gasteiger partial charge in [-0.2, -0.15) is 10.5 Å². The van der Waals surface area contributed by atoms with E-state index in [1.807, 2.05) is 13.8 Å². The van der Waals surface area contributed by atoms with Crippen molar-refractivity contribution < 1.29 is 14.3 Å². The summed E-state index contributed by atoms with van der Waals surface area (Å²) in [5.74, 6) is -1.22. The number of thioether (sulfide) groups is 1. The van der Waals surface area contributed by atoms with E-state index in [4.69, 9.17) is 26.8 Å². The number of aryl methyl sites for hydroxylation is 2. The van der Waals surface area contributed by atoms with Crippen LogP contribution in [0.25, 0.3) is 0 Å². The Kier molecular flexibility index (Phi) is 8.22. The molecule has 0 unspecified atom stereocenters. The Morgan fingerprint density at radius 2 is 2.03 bits per heavy atom. The van der Waals surface area contributed by atoms with Crippen molar-refractivity contribution in [2.45, 2.75) is 38.1 Å².